The van der Waals surface area contributed by atoms with Crippen LogP contribution >= 0.6 is 0 Å². The molecule has 2 heteroatoms. The van der Waals surface area contributed by atoms with Gasteiger partial charge in [0, 0.05) is 0 Å². The van der Waals surface area contributed by atoms with Crippen LogP contribution in [0.3, 0.4) is 0 Å². The minimum atomic E-state index is 0.303. The highest BCUT2D eigenvalue weighted by molar-refractivity contribution is 6.79. The van der Waals surface area contributed by atoms with Crippen LogP contribution in [0.4, 0.5) is 0 Å². The minimum Gasteiger partial charge on any atom is -0.389 e. The second-order valence-corrected chi connectivity index (χ2v) is 4.63. The molecule has 0 saturated carbocycles. The van der Waals surface area contributed by atoms with E-state index in [9.17, 15) is 0 Å². The normalized spacial score (nSPS) is 14.3. The van der Waals surface area contributed by atoms with Crippen LogP contribution in [-0.2, 0) is 0 Å². The maximum Gasteiger partial charge on any atom is 0.326 e. The fourth-order valence-corrected chi connectivity index (χ4v) is 2.53. The van der Waals surface area contributed by atoms with Crippen LogP contribution in [0.1, 0.15) is 12.8 Å². The van der Waals surface area contributed by atoms with Gasteiger partial charge in [0.1, 0.15) is 0 Å². The lowest BCUT2D eigenvalue weighted by atomic mass is 9.49. The molecule has 18 heavy (non-hydrogen) atoms. The van der Waals surface area contributed by atoms with Crippen molar-refractivity contribution in [1.82, 2.24) is 4.48 Å². The van der Waals surface area contributed by atoms with E-state index in [2.05, 4.69) is 77.6 Å². The molecule has 0 aliphatic heterocycles. The van der Waals surface area contributed by atoms with Crippen LogP contribution in [0.15, 0.2) is 78.6 Å². The molecule has 0 spiro atoms. The number of rotatable bonds is 3. The standard InChI is InChI=1S/C16H16BN/c1-3-9-15(10-4-1)17(18-13-7-8-14-18)16-11-5-2-6-12-16/h1,3-5,7-14H,2,6H2. The number of aromatic nitrogens is 1. The van der Waals surface area contributed by atoms with E-state index in [4.69, 9.17) is 0 Å². The summed E-state index contributed by atoms with van der Waals surface area (Å²) >= 11 is 0. The molecule has 0 amide bonds. The van der Waals surface area contributed by atoms with Crippen molar-refractivity contribution in [3.05, 3.63) is 78.6 Å². The molecule has 1 heterocycles. The summed E-state index contributed by atoms with van der Waals surface area (Å²) < 4.78 is 2.27. The number of allylic oxidation sites excluding steroid dienone is 4. The highest BCUT2D eigenvalue weighted by atomic mass is 14.9. The third-order valence-electron chi connectivity index (χ3n) is 3.38. The van der Waals surface area contributed by atoms with E-state index in [0.29, 0.717) is 6.85 Å². The van der Waals surface area contributed by atoms with E-state index in [1.165, 1.54) is 10.9 Å². The highest BCUT2D eigenvalue weighted by Crippen LogP contribution is 2.14. The van der Waals surface area contributed by atoms with Gasteiger partial charge in [-0.2, -0.15) is 0 Å². The molecular weight excluding hydrogens is 217 g/mol. The average molecular weight is 233 g/mol. The molecule has 1 aliphatic rings. The molecule has 1 nitrogen and oxygen atoms in total. The van der Waals surface area contributed by atoms with Gasteiger partial charge in [0.25, 0.3) is 0 Å². The van der Waals surface area contributed by atoms with Gasteiger partial charge in [0.15, 0.2) is 0 Å². The molecule has 2 aromatic rings. The molecule has 88 valence electrons. The van der Waals surface area contributed by atoms with E-state index < -0.39 is 0 Å². The van der Waals surface area contributed by atoms with Crippen LogP contribution in [0, 0.1) is 0 Å². The Morgan fingerprint density at radius 1 is 0.889 bits per heavy atom. The van der Waals surface area contributed by atoms with Crippen molar-refractivity contribution < 1.29 is 0 Å². The van der Waals surface area contributed by atoms with Gasteiger partial charge in [0.05, 0.1) is 0 Å². The van der Waals surface area contributed by atoms with E-state index >= 15 is 0 Å². The molecule has 1 aromatic heterocycles. The van der Waals surface area contributed by atoms with Crippen molar-refractivity contribution in [2.45, 2.75) is 12.8 Å². The molecule has 0 N–H and O–H groups in total. The van der Waals surface area contributed by atoms with Crippen molar-refractivity contribution in [1.29, 1.82) is 0 Å². The van der Waals surface area contributed by atoms with Gasteiger partial charge in [-0.3, -0.25) is 0 Å². The summed E-state index contributed by atoms with van der Waals surface area (Å²) in [4.78, 5) is 0. The van der Waals surface area contributed by atoms with E-state index in [1.807, 2.05) is 0 Å². The molecule has 0 unspecified atom stereocenters. The van der Waals surface area contributed by atoms with Crippen molar-refractivity contribution in [3.63, 3.8) is 0 Å². The van der Waals surface area contributed by atoms with Crippen molar-refractivity contribution in [3.8, 4) is 0 Å². The minimum absolute atomic E-state index is 0.303. The zero-order chi connectivity index (χ0) is 12.2. The first kappa shape index (κ1) is 11.2. The lowest BCUT2D eigenvalue weighted by Crippen LogP contribution is -2.39. The number of hydrogen-bond donors (Lipinski definition) is 0. The second-order valence-electron chi connectivity index (χ2n) is 4.63. The molecule has 1 aliphatic carbocycles. The van der Waals surface area contributed by atoms with Gasteiger partial charge in [-0.05, 0) is 37.4 Å². The molecule has 1 aromatic carbocycles. The van der Waals surface area contributed by atoms with Crippen LogP contribution in [-0.4, -0.2) is 11.3 Å². The van der Waals surface area contributed by atoms with Gasteiger partial charge in [-0.15, -0.1) is 0 Å². The Hall–Kier alpha value is -1.96. The fourth-order valence-electron chi connectivity index (χ4n) is 2.53. The summed E-state index contributed by atoms with van der Waals surface area (Å²) in [7, 11) is 0. The first-order valence-corrected chi connectivity index (χ1v) is 6.49. The third-order valence-corrected chi connectivity index (χ3v) is 3.38. The summed E-state index contributed by atoms with van der Waals surface area (Å²) in [5, 5.41) is 0. The van der Waals surface area contributed by atoms with Gasteiger partial charge in [0.2, 0.25) is 0 Å². The molecule has 0 atom stereocenters. The predicted molar refractivity (Wildman–Crippen MR) is 78.1 cm³/mol. The summed E-state index contributed by atoms with van der Waals surface area (Å²) in [6.45, 7) is 0.303. The first-order valence-electron chi connectivity index (χ1n) is 6.49. The summed E-state index contributed by atoms with van der Waals surface area (Å²) in [6.07, 6.45) is 13.5. The average Bonchev–Trinajstić information content (AvgIpc) is 2.95. The Balaban J connectivity index is 2.04. The molecule has 0 fully saturated rings. The summed E-state index contributed by atoms with van der Waals surface area (Å²) in [5.74, 6) is 0. The van der Waals surface area contributed by atoms with E-state index in [0.717, 1.165) is 12.8 Å². The van der Waals surface area contributed by atoms with E-state index in [1.54, 1.807) is 0 Å². The molecular formula is C16H16BN. The second kappa shape index (κ2) is 5.13. The first-order chi connectivity index (χ1) is 8.95. The quantitative estimate of drug-likeness (QED) is 0.718. The molecule has 0 saturated heterocycles. The smallest absolute Gasteiger partial charge is 0.326 e. The molecule has 0 radical (unpaired) electrons. The van der Waals surface area contributed by atoms with Gasteiger partial charge in [-0.1, -0.05) is 59.5 Å². The number of hydrogen-bond acceptors (Lipinski definition) is 0. The van der Waals surface area contributed by atoms with Gasteiger partial charge in [-0.25, -0.2) is 0 Å². The van der Waals surface area contributed by atoms with Crippen LogP contribution in [0.5, 0.6) is 0 Å². The Morgan fingerprint density at radius 2 is 1.67 bits per heavy atom. The Labute approximate surface area is 109 Å². The van der Waals surface area contributed by atoms with Crippen LogP contribution < -0.4 is 5.46 Å². The zero-order valence-corrected chi connectivity index (χ0v) is 10.4. The summed E-state index contributed by atoms with van der Waals surface area (Å²) in [6, 6.07) is 14.9. The fraction of sp³-hybridized carbons (Fsp3) is 0.125. The maximum atomic E-state index is 2.36. The predicted octanol–water partition coefficient (Wildman–Crippen LogP) is 3.05. The molecule has 3 rings (SSSR count). The monoisotopic (exact) mass is 233 g/mol. The number of benzene rings is 1. The lowest BCUT2D eigenvalue weighted by molar-refractivity contribution is 1.03. The van der Waals surface area contributed by atoms with E-state index in [-0.39, 0.29) is 0 Å². The third kappa shape index (κ3) is 2.19. The van der Waals surface area contributed by atoms with Crippen LogP contribution in [0.25, 0.3) is 0 Å². The Morgan fingerprint density at radius 3 is 2.33 bits per heavy atom. The number of nitrogens with zero attached hydrogens (tertiary/aromatic N) is 1. The largest absolute Gasteiger partial charge is 0.389 e. The topological polar surface area (TPSA) is 4.93 Å². The van der Waals surface area contributed by atoms with Gasteiger partial charge < -0.3 is 4.48 Å². The lowest BCUT2D eigenvalue weighted by Gasteiger charge is -2.18. The van der Waals surface area contributed by atoms with Crippen molar-refractivity contribution in [2.24, 2.45) is 0 Å². The Bertz CT molecular complexity index is 552. The SMILES string of the molecule is C1=CC(B(c2ccccc2)n2cccc2)=CCC1. The maximum absolute atomic E-state index is 2.36. The molecule has 0 bridgehead atoms. The highest BCUT2D eigenvalue weighted by Gasteiger charge is 2.22. The van der Waals surface area contributed by atoms with Gasteiger partial charge >= 0.3 is 6.85 Å². The Kier molecular flexibility index (Phi) is 3.18. The van der Waals surface area contributed by atoms with Crippen molar-refractivity contribution in [2.75, 3.05) is 0 Å². The van der Waals surface area contributed by atoms with Crippen LogP contribution in [0.2, 0.25) is 0 Å². The summed E-state index contributed by atoms with van der Waals surface area (Å²) in [5.41, 5.74) is 2.73. The zero-order valence-electron chi connectivity index (χ0n) is 10.4. The van der Waals surface area contributed by atoms with Crippen molar-refractivity contribution >= 4 is 12.3 Å².